The minimum Gasteiger partial charge on any atom is -0.497 e. The lowest BCUT2D eigenvalue weighted by Gasteiger charge is -2.32. The van der Waals surface area contributed by atoms with Crippen molar-refractivity contribution in [1.29, 1.82) is 0 Å². The van der Waals surface area contributed by atoms with E-state index >= 15 is 0 Å². The Balaban J connectivity index is 2.68. The summed E-state index contributed by atoms with van der Waals surface area (Å²) in [5.41, 5.74) is 0.630. The summed E-state index contributed by atoms with van der Waals surface area (Å²) in [5, 5.41) is 0.997. The highest BCUT2D eigenvalue weighted by Gasteiger charge is 2.38. The van der Waals surface area contributed by atoms with Crippen LogP contribution in [0.25, 0.3) is 10.9 Å². The molecule has 0 saturated carbocycles. The van der Waals surface area contributed by atoms with Crippen LogP contribution >= 0.6 is 7.75 Å². The molecule has 0 N–H and O–H groups in total. The van der Waals surface area contributed by atoms with Gasteiger partial charge in [-0.25, -0.2) is 4.57 Å². The zero-order valence-electron chi connectivity index (χ0n) is 18.7. The molecular weight excluding hydrogens is 375 g/mol. The summed E-state index contributed by atoms with van der Waals surface area (Å²) in [6.07, 6.45) is 2.72. The van der Waals surface area contributed by atoms with Crippen LogP contribution in [-0.4, -0.2) is 48.2 Å². The van der Waals surface area contributed by atoms with Gasteiger partial charge in [-0.2, -0.15) is 0 Å². The number of methoxy groups -OCH3 is 1. The van der Waals surface area contributed by atoms with Crippen molar-refractivity contribution in [3.63, 3.8) is 0 Å². The Bertz CT molecular complexity index is 840. The van der Waals surface area contributed by atoms with E-state index in [0.717, 1.165) is 35.2 Å². The Hall–Kier alpha value is -1.33. The van der Waals surface area contributed by atoms with Gasteiger partial charge in [-0.3, -0.25) is 13.4 Å². The molecule has 0 aliphatic rings. The summed E-state index contributed by atoms with van der Waals surface area (Å²) < 4.78 is 33.2. The number of hydrogen-bond acceptors (Lipinski definition) is 5. The first-order chi connectivity index (χ1) is 12.7. The van der Waals surface area contributed by atoms with Crippen molar-refractivity contribution in [3.8, 4) is 5.75 Å². The predicted octanol–water partition coefficient (Wildman–Crippen LogP) is 5.34. The van der Waals surface area contributed by atoms with Crippen molar-refractivity contribution >= 4 is 18.6 Å². The molecule has 28 heavy (non-hydrogen) atoms. The van der Waals surface area contributed by atoms with Crippen molar-refractivity contribution in [2.75, 3.05) is 27.7 Å². The first-order valence-electron chi connectivity index (χ1n) is 9.59. The average Bonchev–Trinajstić information content (AvgIpc) is 2.87. The summed E-state index contributed by atoms with van der Waals surface area (Å²) in [6.45, 7) is 12.2. The zero-order valence-corrected chi connectivity index (χ0v) is 19.6. The Morgan fingerprint density at radius 2 is 1.61 bits per heavy atom. The number of ether oxygens (including phenoxy) is 1. The summed E-state index contributed by atoms with van der Waals surface area (Å²) >= 11 is 0. The Labute approximate surface area is 169 Å². The first kappa shape index (κ1) is 23.0. The van der Waals surface area contributed by atoms with E-state index in [2.05, 4.69) is 4.90 Å². The van der Waals surface area contributed by atoms with E-state index in [1.54, 1.807) is 11.4 Å². The second kappa shape index (κ2) is 8.19. The van der Waals surface area contributed by atoms with E-state index in [4.69, 9.17) is 13.8 Å². The van der Waals surface area contributed by atoms with Crippen LogP contribution in [0.4, 0.5) is 0 Å². The van der Waals surface area contributed by atoms with Crippen LogP contribution in [-0.2, 0) is 20.0 Å². The fraction of sp³-hybridized carbons (Fsp3) is 0.619. The zero-order chi connectivity index (χ0) is 21.3. The van der Waals surface area contributed by atoms with Gasteiger partial charge >= 0.3 is 7.75 Å². The van der Waals surface area contributed by atoms with Gasteiger partial charge < -0.3 is 9.64 Å². The number of rotatable bonds is 7. The molecule has 0 atom stereocenters. The van der Waals surface area contributed by atoms with Crippen molar-refractivity contribution in [2.45, 2.75) is 59.2 Å². The monoisotopic (exact) mass is 410 g/mol. The van der Waals surface area contributed by atoms with Gasteiger partial charge in [0.15, 0.2) is 0 Å². The van der Waals surface area contributed by atoms with Crippen LogP contribution in [0.2, 0.25) is 0 Å². The number of aromatic nitrogens is 1. The van der Waals surface area contributed by atoms with Crippen molar-refractivity contribution in [1.82, 2.24) is 9.24 Å². The van der Waals surface area contributed by atoms with E-state index in [-0.39, 0.29) is 0 Å². The van der Waals surface area contributed by atoms with E-state index in [1.807, 2.05) is 80.0 Å². The minimum absolute atomic E-state index is 0.631. The molecular formula is C21H35N2O4P. The van der Waals surface area contributed by atoms with Gasteiger partial charge in [0.25, 0.3) is 0 Å². The van der Waals surface area contributed by atoms with E-state index in [1.165, 1.54) is 0 Å². The second-order valence-corrected chi connectivity index (χ2v) is 11.0. The van der Waals surface area contributed by atoms with Crippen LogP contribution in [0.1, 0.15) is 47.1 Å². The smallest absolute Gasteiger partial charge is 0.440 e. The third-order valence-corrected chi connectivity index (χ3v) is 6.36. The van der Waals surface area contributed by atoms with Crippen LogP contribution in [0, 0.1) is 0 Å². The summed E-state index contributed by atoms with van der Waals surface area (Å²) in [6, 6.07) is 5.76. The maximum atomic E-state index is 14.0. The standard InChI is InChI=1S/C21H35N2O4P/c1-20(2,3)26-28(24,27-21(4,5)6)23-15-16(12-13-22(7)8)18-14-17(25-9)10-11-19(18)23/h10-11,14-15H,12-13H2,1-9H3. The lowest BCUT2D eigenvalue weighted by Crippen LogP contribution is -2.26. The van der Waals surface area contributed by atoms with E-state index in [0.29, 0.717) is 0 Å². The Morgan fingerprint density at radius 1 is 1.04 bits per heavy atom. The highest BCUT2D eigenvalue weighted by Crippen LogP contribution is 2.57. The highest BCUT2D eigenvalue weighted by molar-refractivity contribution is 7.52. The largest absolute Gasteiger partial charge is 0.497 e. The number of fused-ring (bicyclic) bond motifs is 1. The number of benzene rings is 1. The van der Waals surface area contributed by atoms with Gasteiger partial charge in [0.1, 0.15) is 5.75 Å². The number of hydrogen-bond donors (Lipinski definition) is 0. The lowest BCUT2D eigenvalue weighted by atomic mass is 10.1. The molecule has 0 amide bonds. The molecule has 0 fully saturated rings. The van der Waals surface area contributed by atoms with Gasteiger partial charge in [0.05, 0.1) is 23.8 Å². The highest BCUT2D eigenvalue weighted by atomic mass is 31.2. The van der Waals surface area contributed by atoms with Gasteiger partial charge in [0.2, 0.25) is 0 Å². The fourth-order valence-electron chi connectivity index (χ4n) is 2.93. The van der Waals surface area contributed by atoms with Gasteiger partial charge in [0, 0.05) is 18.1 Å². The Kier molecular flexibility index (Phi) is 6.72. The minimum atomic E-state index is -3.65. The van der Waals surface area contributed by atoms with Crippen LogP contribution in [0.5, 0.6) is 5.75 Å². The normalized spacial score (nSPS) is 13.5. The van der Waals surface area contributed by atoms with Gasteiger partial charge in [-0.15, -0.1) is 0 Å². The quantitative estimate of drug-likeness (QED) is 0.577. The molecule has 1 aromatic heterocycles. The molecule has 2 rings (SSSR count). The van der Waals surface area contributed by atoms with Gasteiger partial charge in [-0.05, 0) is 85.8 Å². The molecule has 6 nitrogen and oxygen atoms in total. The molecule has 0 bridgehead atoms. The van der Waals surface area contributed by atoms with Crippen LogP contribution < -0.4 is 4.74 Å². The molecule has 158 valence electrons. The molecule has 0 spiro atoms. The predicted molar refractivity (Wildman–Crippen MR) is 115 cm³/mol. The molecule has 1 heterocycles. The van der Waals surface area contributed by atoms with Crippen LogP contribution in [0.15, 0.2) is 24.4 Å². The summed E-state index contributed by atoms with van der Waals surface area (Å²) in [7, 11) is 2.07. The molecule has 1 aromatic carbocycles. The fourth-order valence-corrected chi connectivity index (χ4v) is 5.25. The van der Waals surface area contributed by atoms with Crippen molar-refractivity contribution < 1.29 is 18.3 Å². The number of likely N-dealkylation sites (N-methyl/N-ethyl adjacent to an activating group) is 1. The molecule has 0 saturated heterocycles. The molecule has 7 heteroatoms. The average molecular weight is 410 g/mol. The van der Waals surface area contributed by atoms with Gasteiger partial charge in [-0.1, -0.05) is 0 Å². The third-order valence-electron chi connectivity index (χ3n) is 3.95. The summed E-state index contributed by atoms with van der Waals surface area (Å²) in [4.78, 5) is 2.13. The maximum Gasteiger partial charge on any atom is 0.440 e. The number of nitrogens with zero attached hydrogens (tertiary/aromatic N) is 2. The lowest BCUT2D eigenvalue weighted by molar-refractivity contribution is 0.0454. The molecule has 2 aromatic rings. The molecule has 0 aliphatic carbocycles. The molecule has 0 unspecified atom stereocenters. The second-order valence-electron chi connectivity index (χ2n) is 9.31. The molecule has 0 aliphatic heterocycles. The van der Waals surface area contributed by atoms with Crippen LogP contribution in [0.3, 0.4) is 0 Å². The van der Waals surface area contributed by atoms with Crippen molar-refractivity contribution in [3.05, 3.63) is 30.0 Å². The topological polar surface area (TPSA) is 52.9 Å². The third kappa shape index (κ3) is 5.84. The molecule has 0 radical (unpaired) electrons. The first-order valence-corrected chi connectivity index (χ1v) is 11.1. The maximum absolute atomic E-state index is 14.0. The Morgan fingerprint density at radius 3 is 2.07 bits per heavy atom. The van der Waals surface area contributed by atoms with E-state index in [9.17, 15) is 4.57 Å². The SMILES string of the molecule is COc1ccc2c(c1)c(CCN(C)C)cn2P(=O)(OC(C)(C)C)OC(C)(C)C. The summed E-state index contributed by atoms with van der Waals surface area (Å²) in [5.74, 6) is 0.764. The van der Waals surface area contributed by atoms with E-state index < -0.39 is 18.9 Å². The van der Waals surface area contributed by atoms with Crippen molar-refractivity contribution in [2.24, 2.45) is 0 Å².